The van der Waals surface area contributed by atoms with E-state index in [1.54, 1.807) is 48.4 Å². The number of esters is 1. The van der Waals surface area contributed by atoms with Gasteiger partial charge in [-0.25, -0.2) is 0 Å². The van der Waals surface area contributed by atoms with Gasteiger partial charge >= 0.3 is 5.97 Å². The number of carbonyl (C=O) groups excluding carboxylic acids is 4. The van der Waals surface area contributed by atoms with Crippen molar-refractivity contribution >= 4 is 23.7 Å². The molecule has 0 spiro atoms. The molecular weight excluding hydrogens is 436 g/mol. The highest BCUT2D eigenvalue weighted by Gasteiger charge is 2.45. The summed E-state index contributed by atoms with van der Waals surface area (Å²) in [6.07, 6.45) is 1.82. The first kappa shape index (κ1) is 23.5. The van der Waals surface area contributed by atoms with Crippen molar-refractivity contribution in [2.24, 2.45) is 5.92 Å². The quantitative estimate of drug-likeness (QED) is 0.418. The van der Waals surface area contributed by atoms with E-state index in [0.29, 0.717) is 23.4 Å². The van der Waals surface area contributed by atoms with Crippen LogP contribution in [-0.4, -0.2) is 60.3 Å². The van der Waals surface area contributed by atoms with E-state index < -0.39 is 29.7 Å². The molecule has 178 valence electrons. The maximum atomic E-state index is 13.1. The summed E-state index contributed by atoms with van der Waals surface area (Å²) in [5.74, 6) is -1.36. The minimum absolute atomic E-state index is 0.0362. The van der Waals surface area contributed by atoms with Gasteiger partial charge in [-0.15, -0.1) is 0 Å². The number of rotatable bonds is 9. The van der Waals surface area contributed by atoms with Crippen LogP contribution in [0.4, 0.5) is 0 Å². The van der Waals surface area contributed by atoms with Crippen molar-refractivity contribution in [3.05, 3.63) is 65.2 Å². The number of methoxy groups -OCH3 is 1. The fourth-order valence-corrected chi connectivity index (χ4v) is 4.59. The molecule has 2 aliphatic rings. The molecule has 3 amide bonds. The molecule has 2 atom stereocenters. The van der Waals surface area contributed by atoms with Crippen LogP contribution in [0.25, 0.3) is 0 Å². The van der Waals surface area contributed by atoms with Crippen LogP contribution in [0.5, 0.6) is 5.75 Å². The zero-order valence-corrected chi connectivity index (χ0v) is 19.4. The highest BCUT2D eigenvalue weighted by molar-refractivity contribution is 6.21. The van der Waals surface area contributed by atoms with Gasteiger partial charge in [0.1, 0.15) is 12.4 Å². The Balaban J connectivity index is 1.44. The number of unbranched alkanes of at least 4 members (excludes halogenated alkanes) is 1. The number of hydrogen-bond donors (Lipinski definition) is 0. The molecule has 2 aromatic rings. The topological polar surface area (TPSA) is 93.2 Å². The normalized spacial score (nSPS) is 19.5. The van der Waals surface area contributed by atoms with Crippen LogP contribution in [0.2, 0.25) is 0 Å². The molecule has 0 aromatic heterocycles. The van der Waals surface area contributed by atoms with Gasteiger partial charge in [-0.1, -0.05) is 37.6 Å². The average molecular weight is 465 g/mol. The monoisotopic (exact) mass is 464 g/mol. The summed E-state index contributed by atoms with van der Waals surface area (Å²) in [5.41, 5.74) is 1.54. The first-order valence-electron chi connectivity index (χ1n) is 11.5. The van der Waals surface area contributed by atoms with Crippen molar-refractivity contribution in [3.63, 3.8) is 0 Å². The highest BCUT2D eigenvalue weighted by Crippen LogP contribution is 2.39. The molecule has 8 nitrogen and oxygen atoms in total. The summed E-state index contributed by atoms with van der Waals surface area (Å²) in [6, 6.07) is 13.5. The predicted octanol–water partition coefficient (Wildman–Crippen LogP) is 3.22. The van der Waals surface area contributed by atoms with E-state index in [-0.39, 0.29) is 25.5 Å². The Morgan fingerprint density at radius 1 is 0.971 bits per heavy atom. The number of likely N-dealkylation sites (tertiary alicyclic amines) is 1. The van der Waals surface area contributed by atoms with Crippen LogP contribution in [0.1, 0.15) is 58.5 Å². The maximum absolute atomic E-state index is 13.1. The molecule has 0 unspecified atom stereocenters. The summed E-state index contributed by atoms with van der Waals surface area (Å²) >= 11 is 0. The van der Waals surface area contributed by atoms with Gasteiger partial charge in [0.25, 0.3) is 11.8 Å². The van der Waals surface area contributed by atoms with Gasteiger partial charge in [0.05, 0.1) is 36.7 Å². The summed E-state index contributed by atoms with van der Waals surface area (Å²) in [6.45, 7) is 2.45. The first-order chi connectivity index (χ1) is 16.5. The molecule has 1 saturated heterocycles. The third-order valence-corrected chi connectivity index (χ3v) is 6.38. The zero-order chi connectivity index (χ0) is 24.2. The van der Waals surface area contributed by atoms with Crippen molar-refractivity contribution in [2.45, 2.75) is 32.2 Å². The molecule has 0 radical (unpaired) electrons. The van der Waals surface area contributed by atoms with Crippen molar-refractivity contribution in [1.29, 1.82) is 0 Å². The Morgan fingerprint density at radius 3 is 2.21 bits per heavy atom. The zero-order valence-electron chi connectivity index (χ0n) is 19.4. The number of nitrogens with zero attached hydrogens (tertiary/aromatic N) is 2. The largest absolute Gasteiger partial charge is 0.497 e. The van der Waals surface area contributed by atoms with Crippen molar-refractivity contribution in [3.8, 4) is 5.75 Å². The summed E-state index contributed by atoms with van der Waals surface area (Å²) in [7, 11) is 1.58. The van der Waals surface area contributed by atoms with E-state index in [1.807, 2.05) is 19.1 Å². The first-order valence-corrected chi connectivity index (χ1v) is 11.5. The summed E-state index contributed by atoms with van der Waals surface area (Å²) in [5, 5.41) is 0. The van der Waals surface area contributed by atoms with E-state index in [2.05, 4.69) is 0 Å². The van der Waals surface area contributed by atoms with Gasteiger partial charge in [-0.05, 0) is 36.2 Å². The minimum atomic E-state index is -0.667. The van der Waals surface area contributed by atoms with Gasteiger partial charge in [-0.2, -0.15) is 0 Å². The second-order valence-corrected chi connectivity index (χ2v) is 8.44. The second kappa shape index (κ2) is 10.1. The Hall–Kier alpha value is -3.68. The van der Waals surface area contributed by atoms with Gasteiger partial charge in [-0.3, -0.25) is 24.1 Å². The lowest BCUT2D eigenvalue weighted by molar-refractivity contribution is -0.149. The SMILES string of the molecule is CCCCN1C(=O)C[C@@H](C(=O)OCCN2C(=O)c3ccccc3C2=O)[C@H]1c1ccc(OC)cc1. The van der Waals surface area contributed by atoms with Crippen LogP contribution in [0, 0.1) is 5.92 Å². The summed E-state index contributed by atoms with van der Waals surface area (Å²) in [4.78, 5) is 53.7. The Morgan fingerprint density at radius 2 is 1.62 bits per heavy atom. The van der Waals surface area contributed by atoms with Crippen LogP contribution in [0.3, 0.4) is 0 Å². The van der Waals surface area contributed by atoms with E-state index in [0.717, 1.165) is 23.3 Å². The van der Waals surface area contributed by atoms with Gasteiger partial charge in [0.2, 0.25) is 5.91 Å². The lowest BCUT2D eigenvalue weighted by atomic mass is 9.93. The lowest BCUT2D eigenvalue weighted by Crippen LogP contribution is -2.35. The number of fused-ring (bicyclic) bond motifs is 1. The third-order valence-electron chi connectivity index (χ3n) is 6.38. The predicted molar refractivity (Wildman–Crippen MR) is 123 cm³/mol. The number of carbonyl (C=O) groups is 4. The van der Waals surface area contributed by atoms with Gasteiger partial charge < -0.3 is 14.4 Å². The Labute approximate surface area is 198 Å². The third kappa shape index (κ3) is 4.40. The van der Waals surface area contributed by atoms with E-state index in [9.17, 15) is 19.2 Å². The van der Waals surface area contributed by atoms with Crippen molar-refractivity contribution in [1.82, 2.24) is 9.80 Å². The van der Waals surface area contributed by atoms with E-state index in [1.165, 1.54) is 0 Å². The molecule has 8 heteroatoms. The van der Waals surface area contributed by atoms with Gasteiger partial charge in [0, 0.05) is 13.0 Å². The number of ether oxygens (including phenoxy) is 2. The molecule has 0 N–H and O–H groups in total. The van der Waals surface area contributed by atoms with E-state index in [4.69, 9.17) is 9.47 Å². The van der Waals surface area contributed by atoms with Crippen LogP contribution in [-0.2, 0) is 14.3 Å². The molecule has 2 aromatic carbocycles. The molecule has 34 heavy (non-hydrogen) atoms. The molecule has 2 aliphatic heterocycles. The number of imide groups is 1. The van der Waals surface area contributed by atoms with Crippen molar-refractivity contribution < 1.29 is 28.7 Å². The number of benzene rings is 2. The molecule has 1 fully saturated rings. The number of hydrogen-bond acceptors (Lipinski definition) is 6. The smallest absolute Gasteiger partial charge is 0.311 e. The fourth-order valence-electron chi connectivity index (χ4n) is 4.59. The highest BCUT2D eigenvalue weighted by atomic mass is 16.5. The van der Waals surface area contributed by atoms with Crippen LogP contribution < -0.4 is 4.74 Å². The standard InChI is InChI=1S/C26H28N2O6/c1-3-4-13-27-22(29)16-21(23(27)17-9-11-18(33-2)12-10-17)26(32)34-15-14-28-24(30)19-7-5-6-8-20(19)25(28)31/h5-12,21,23H,3-4,13-16H2,1-2H3/t21-,23-/m1/s1. The molecule has 0 aliphatic carbocycles. The maximum Gasteiger partial charge on any atom is 0.311 e. The van der Waals surface area contributed by atoms with Crippen LogP contribution >= 0.6 is 0 Å². The molecule has 4 rings (SSSR count). The lowest BCUT2D eigenvalue weighted by Gasteiger charge is -2.28. The number of amides is 3. The van der Waals surface area contributed by atoms with Crippen LogP contribution in [0.15, 0.2) is 48.5 Å². The molecule has 2 heterocycles. The molecule has 0 bridgehead atoms. The summed E-state index contributed by atoms with van der Waals surface area (Å²) < 4.78 is 10.7. The van der Waals surface area contributed by atoms with Gasteiger partial charge in [0.15, 0.2) is 0 Å². The fraction of sp³-hybridized carbons (Fsp3) is 0.385. The molecular formula is C26H28N2O6. The average Bonchev–Trinajstić information content (AvgIpc) is 3.31. The minimum Gasteiger partial charge on any atom is -0.497 e. The Bertz CT molecular complexity index is 1060. The van der Waals surface area contributed by atoms with Crippen molar-refractivity contribution in [2.75, 3.05) is 26.8 Å². The Kier molecular flexibility index (Phi) is 6.95. The van der Waals surface area contributed by atoms with E-state index >= 15 is 0 Å². The molecule has 0 saturated carbocycles. The second-order valence-electron chi connectivity index (χ2n) is 8.44.